The van der Waals surface area contributed by atoms with Gasteiger partial charge in [-0.25, -0.2) is 0 Å². The molecule has 0 aliphatic carbocycles. The first-order valence-electron chi connectivity index (χ1n) is 2.74. The Morgan fingerprint density at radius 3 is 1.70 bits per heavy atom. The van der Waals surface area contributed by atoms with Crippen molar-refractivity contribution in [3.05, 3.63) is 0 Å². The fraction of sp³-hybridized carbons (Fsp3) is 1.00. The molecule has 1 saturated heterocycles. The van der Waals surface area contributed by atoms with E-state index in [-0.39, 0.29) is 0 Å². The predicted molar refractivity (Wildman–Crippen MR) is 26.1 cm³/mol. The van der Waals surface area contributed by atoms with Crippen molar-refractivity contribution in [3.8, 4) is 0 Å². The van der Waals surface area contributed by atoms with E-state index in [9.17, 15) is 13.2 Å². The second-order valence-corrected chi connectivity index (χ2v) is 2.51. The first-order valence-corrected chi connectivity index (χ1v) is 2.74. The number of ether oxygens (including phenoxy) is 2. The summed E-state index contributed by atoms with van der Waals surface area (Å²) >= 11 is 0. The van der Waals surface area contributed by atoms with Gasteiger partial charge in [-0.1, -0.05) is 0 Å². The Kier molecular flexibility index (Phi) is 1.45. The normalized spacial score (nSPS) is 26.1. The number of hydrogen-bond acceptors (Lipinski definition) is 2. The number of alkyl halides is 3. The molecule has 0 atom stereocenters. The van der Waals surface area contributed by atoms with Gasteiger partial charge in [0.1, 0.15) is 0 Å². The zero-order valence-electron chi connectivity index (χ0n) is 5.53. The third-order valence-corrected chi connectivity index (χ3v) is 1.05. The van der Waals surface area contributed by atoms with Crippen LogP contribution in [0, 0.1) is 0 Å². The Morgan fingerprint density at radius 2 is 1.60 bits per heavy atom. The summed E-state index contributed by atoms with van der Waals surface area (Å²) in [5.41, 5.74) is 0. The summed E-state index contributed by atoms with van der Waals surface area (Å²) < 4.78 is 43.5. The molecule has 0 aromatic rings. The Labute approximate surface area is 55.9 Å². The molecule has 1 fully saturated rings. The maximum Gasteiger partial charge on any atom is 0.440 e. The molecule has 1 aliphatic rings. The van der Waals surface area contributed by atoms with E-state index in [0.29, 0.717) is 0 Å². The number of halogens is 3. The summed E-state index contributed by atoms with van der Waals surface area (Å²) in [7, 11) is 0. The molecule has 0 aromatic heterocycles. The van der Waals surface area contributed by atoms with Gasteiger partial charge < -0.3 is 9.47 Å². The van der Waals surface area contributed by atoms with E-state index in [1.807, 2.05) is 0 Å². The molecule has 0 aromatic carbocycles. The molecule has 10 heavy (non-hydrogen) atoms. The van der Waals surface area contributed by atoms with Gasteiger partial charge >= 0.3 is 6.18 Å². The summed E-state index contributed by atoms with van der Waals surface area (Å²) in [4.78, 5) is 0. The minimum atomic E-state index is -4.39. The molecule has 1 rings (SSSR count). The van der Waals surface area contributed by atoms with Gasteiger partial charge in [0, 0.05) is 0 Å². The van der Waals surface area contributed by atoms with Crippen LogP contribution in [0.5, 0.6) is 0 Å². The zero-order valence-corrected chi connectivity index (χ0v) is 5.53. The standard InChI is InChI=1S/C5H7F3O2/c1-4(2)9-3(10-4)5(6,7)8/h3H,1-2H3. The highest BCUT2D eigenvalue weighted by Gasteiger charge is 2.54. The monoisotopic (exact) mass is 156 g/mol. The molecule has 2 nitrogen and oxygen atoms in total. The fourth-order valence-electron chi connectivity index (χ4n) is 0.658. The van der Waals surface area contributed by atoms with Crippen LogP contribution in [-0.2, 0) is 9.47 Å². The van der Waals surface area contributed by atoms with Gasteiger partial charge in [-0.3, -0.25) is 0 Å². The van der Waals surface area contributed by atoms with Gasteiger partial charge in [-0.15, -0.1) is 0 Å². The molecular weight excluding hydrogens is 149 g/mol. The fourth-order valence-corrected chi connectivity index (χ4v) is 0.658. The third-order valence-electron chi connectivity index (χ3n) is 1.05. The van der Waals surface area contributed by atoms with Crippen molar-refractivity contribution >= 4 is 0 Å². The molecule has 0 N–H and O–H groups in total. The lowest BCUT2D eigenvalue weighted by Crippen LogP contribution is -2.55. The van der Waals surface area contributed by atoms with Crippen LogP contribution in [-0.4, -0.2) is 18.3 Å². The maximum absolute atomic E-state index is 11.6. The SMILES string of the molecule is CC1(C)OC(C(F)(F)F)O1. The maximum atomic E-state index is 11.6. The second kappa shape index (κ2) is 1.85. The minimum Gasteiger partial charge on any atom is -0.313 e. The highest BCUT2D eigenvalue weighted by molar-refractivity contribution is 4.72. The lowest BCUT2D eigenvalue weighted by atomic mass is 10.3. The van der Waals surface area contributed by atoms with Gasteiger partial charge in [-0.2, -0.15) is 13.2 Å². The van der Waals surface area contributed by atoms with Crippen LogP contribution >= 0.6 is 0 Å². The van der Waals surface area contributed by atoms with Gasteiger partial charge in [-0.05, 0) is 13.8 Å². The van der Waals surface area contributed by atoms with Crippen molar-refractivity contribution in [2.45, 2.75) is 32.1 Å². The van der Waals surface area contributed by atoms with Crippen molar-refractivity contribution < 1.29 is 22.6 Å². The molecule has 0 saturated carbocycles. The van der Waals surface area contributed by atoms with E-state index < -0.39 is 18.3 Å². The zero-order chi connectivity index (χ0) is 7.99. The number of hydrogen-bond donors (Lipinski definition) is 0. The van der Waals surface area contributed by atoms with Crippen molar-refractivity contribution in [2.75, 3.05) is 0 Å². The molecule has 1 heterocycles. The molecule has 0 spiro atoms. The molecular formula is C5H7F3O2. The van der Waals surface area contributed by atoms with E-state index in [4.69, 9.17) is 0 Å². The minimum absolute atomic E-state index is 1.07. The van der Waals surface area contributed by atoms with E-state index in [1.54, 1.807) is 0 Å². The van der Waals surface area contributed by atoms with E-state index in [1.165, 1.54) is 13.8 Å². The van der Waals surface area contributed by atoms with Crippen molar-refractivity contribution in [1.29, 1.82) is 0 Å². The van der Waals surface area contributed by atoms with Gasteiger partial charge in [0.05, 0.1) is 0 Å². The highest BCUT2D eigenvalue weighted by atomic mass is 19.4. The van der Waals surface area contributed by atoms with Crippen molar-refractivity contribution in [3.63, 3.8) is 0 Å². The van der Waals surface area contributed by atoms with Crippen LogP contribution in [0.4, 0.5) is 13.2 Å². The molecule has 0 radical (unpaired) electrons. The molecule has 0 unspecified atom stereocenters. The van der Waals surface area contributed by atoms with Crippen LogP contribution in [0.1, 0.15) is 13.8 Å². The first kappa shape index (κ1) is 7.81. The Hall–Kier alpha value is -0.290. The lowest BCUT2D eigenvalue weighted by molar-refractivity contribution is -0.496. The molecule has 1 aliphatic heterocycles. The molecule has 0 bridgehead atoms. The first-order chi connectivity index (χ1) is 4.31. The van der Waals surface area contributed by atoms with Crippen molar-refractivity contribution in [1.82, 2.24) is 0 Å². The summed E-state index contributed by atoms with van der Waals surface area (Å²) in [5, 5.41) is 0. The van der Waals surface area contributed by atoms with Crippen LogP contribution in [0.25, 0.3) is 0 Å². The topological polar surface area (TPSA) is 18.5 Å². The highest BCUT2D eigenvalue weighted by Crippen LogP contribution is 2.37. The van der Waals surface area contributed by atoms with E-state index in [0.717, 1.165) is 0 Å². The second-order valence-electron chi connectivity index (χ2n) is 2.51. The largest absolute Gasteiger partial charge is 0.440 e. The average molecular weight is 156 g/mol. The average Bonchev–Trinajstić information content (AvgIpc) is 1.56. The number of rotatable bonds is 0. The van der Waals surface area contributed by atoms with Gasteiger partial charge in [0.2, 0.25) is 0 Å². The van der Waals surface area contributed by atoms with E-state index >= 15 is 0 Å². The molecule has 5 heteroatoms. The Bertz CT molecular complexity index is 132. The van der Waals surface area contributed by atoms with Crippen LogP contribution in [0.2, 0.25) is 0 Å². The summed E-state index contributed by atoms with van der Waals surface area (Å²) in [6.07, 6.45) is -6.42. The van der Waals surface area contributed by atoms with Gasteiger partial charge in [0.15, 0.2) is 5.79 Å². The lowest BCUT2D eigenvalue weighted by Gasteiger charge is -2.42. The summed E-state index contributed by atoms with van der Waals surface area (Å²) in [6.45, 7) is 2.85. The summed E-state index contributed by atoms with van der Waals surface area (Å²) in [5.74, 6) is -1.07. The Morgan fingerprint density at radius 1 is 1.20 bits per heavy atom. The van der Waals surface area contributed by atoms with Crippen LogP contribution in [0.15, 0.2) is 0 Å². The predicted octanol–water partition coefficient (Wildman–Crippen LogP) is 1.66. The van der Waals surface area contributed by atoms with E-state index in [2.05, 4.69) is 9.47 Å². The summed E-state index contributed by atoms with van der Waals surface area (Å²) in [6, 6.07) is 0. The molecule has 60 valence electrons. The molecule has 0 amide bonds. The smallest absolute Gasteiger partial charge is 0.313 e. The van der Waals surface area contributed by atoms with Crippen molar-refractivity contribution in [2.24, 2.45) is 0 Å². The third kappa shape index (κ3) is 1.41. The van der Waals surface area contributed by atoms with Crippen LogP contribution < -0.4 is 0 Å². The van der Waals surface area contributed by atoms with Crippen LogP contribution in [0.3, 0.4) is 0 Å². The quantitative estimate of drug-likeness (QED) is 0.531. The Balaban J connectivity index is 2.40. The van der Waals surface area contributed by atoms with Gasteiger partial charge in [0.25, 0.3) is 6.29 Å².